The normalized spacial score (nSPS) is 11.9. The van der Waals surface area contributed by atoms with Crippen LogP contribution in [0.15, 0.2) is 108 Å². The zero-order chi connectivity index (χ0) is 32.4. The van der Waals surface area contributed by atoms with Gasteiger partial charge in [-0.3, -0.25) is 13.9 Å². The first-order valence-electron chi connectivity index (χ1n) is 15.4. The van der Waals surface area contributed by atoms with Gasteiger partial charge in [-0.2, -0.15) is 0 Å². The fourth-order valence-electron chi connectivity index (χ4n) is 5.14. The van der Waals surface area contributed by atoms with Crippen LogP contribution in [0.5, 0.6) is 0 Å². The third-order valence-electron chi connectivity index (χ3n) is 7.75. The summed E-state index contributed by atoms with van der Waals surface area (Å²) >= 11 is 0. The highest BCUT2D eigenvalue weighted by Gasteiger charge is 2.34. The molecule has 4 aromatic rings. The lowest BCUT2D eigenvalue weighted by Crippen LogP contribution is -2.53. The minimum absolute atomic E-state index is 0.0878. The predicted molar refractivity (Wildman–Crippen MR) is 180 cm³/mol. The van der Waals surface area contributed by atoms with Crippen molar-refractivity contribution >= 4 is 27.5 Å². The molecule has 0 bridgehead atoms. The zero-order valence-electron chi connectivity index (χ0n) is 26.6. The van der Waals surface area contributed by atoms with Crippen molar-refractivity contribution in [1.82, 2.24) is 10.2 Å². The Labute approximate surface area is 268 Å². The summed E-state index contributed by atoms with van der Waals surface area (Å²) in [4.78, 5) is 30.0. The largest absolute Gasteiger partial charge is 0.354 e. The number of sulfonamides is 1. The second-order valence-electron chi connectivity index (χ2n) is 11.5. The van der Waals surface area contributed by atoms with Crippen LogP contribution in [0.25, 0.3) is 0 Å². The molecule has 0 heterocycles. The molecule has 7 nitrogen and oxygen atoms in total. The monoisotopic (exact) mass is 625 g/mol. The van der Waals surface area contributed by atoms with Crippen LogP contribution in [0.4, 0.5) is 5.69 Å². The van der Waals surface area contributed by atoms with Gasteiger partial charge in [0, 0.05) is 19.5 Å². The molecule has 0 radical (unpaired) electrons. The molecule has 4 rings (SSSR count). The smallest absolute Gasteiger partial charge is 0.264 e. The summed E-state index contributed by atoms with van der Waals surface area (Å²) in [5.74, 6) is -0.740. The van der Waals surface area contributed by atoms with Crippen molar-refractivity contribution in [2.45, 2.75) is 64.4 Å². The maximum atomic E-state index is 14.5. The molecule has 0 spiro atoms. The van der Waals surface area contributed by atoms with E-state index in [1.807, 2.05) is 87.5 Å². The number of hydrogen-bond acceptors (Lipinski definition) is 4. The molecule has 45 heavy (non-hydrogen) atoms. The van der Waals surface area contributed by atoms with E-state index in [0.29, 0.717) is 12.2 Å². The molecule has 1 unspecified atom stereocenters. The Balaban J connectivity index is 1.78. The average Bonchev–Trinajstić information content (AvgIpc) is 3.02. The van der Waals surface area contributed by atoms with E-state index in [2.05, 4.69) is 12.2 Å². The highest BCUT2D eigenvalue weighted by Crippen LogP contribution is 2.26. The molecule has 4 aromatic carbocycles. The van der Waals surface area contributed by atoms with Crippen molar-refractivity contribution in [1.29, 1.82) is 0 Å². The van der Waals surface area contributed by atoms with Crippen molar-refractivity contribution in [3.8, 4) is 0 Å². The predicted octanol–water partition coefficient (Wildman–Crippen LogP) is 6.36. The number of unbranched alkanes of at least 4 members (excludes halogenated alkanes) is 1. The van der Waals surface area contributed by atoms with Gasteiger partial charge in [-0.1, -0.05) is 109 Å². The maximum absolute atomic E-state index is 14.5. The average molecular weight is 626 g/mol. The second kappa shape index (κ2) is 15.5. The number of aryl methyl sites for hydroxylation is 3. The molecule has 8 heteroatoms. The summed E-state index contributed by atoms with van der Waals surface area (Å²) in [5, 5.41) is 3.02. The first-order valence-corrected chi connectivity index (χ1v) is 16.8. The van der Waals surface area contributed by atoms with Gasteiger partial charge < -0.3 is 10.2 Å². The van der Waals surface area contributed by atoms with E-state index in [-0.39, 0.29) is 23.8 Å². The molecule has 0 aliphatic carbocycles. The first-order chi connectivity index (χ1) is 21.6. The molecule has 2 amide bonds. The summed E-state index contributed by atoms with van der Waals surface area (Å²) in [5.41, 5.74) is 5.04. The number of hydrogen-bond donors (Lipinski definition) is 1. The van der Waals surface area contributed by atoms with E-state index in [1.165, 1.54) is 4.90 Å². The van der Waals surface area contributed by atoms with E-state index in [9.17, 15) is 18.0 Å². The Kier molecular flexibility index (Phi) is 11.5. The molecule has 0 aromatic heterocycles. The van der Waals surface area contributed by atoms with Gasteiger partial charge in [-0.15, -0.1) is 0 Å². The fourth-order valence-corrected chi connectivity index (χ4v) is 6.56. The van der Waals surface area contributed by atoms with Crippen LogP contribution in [0.3, 0.4) is 0 Å². The van der Waals surface area contributed by atoms with E-state index in [4.69, 9.17) is 0 Å². The summed E-state index contributed by atoms with van der Waals surface area (Å²) in [7, 11) is -4.13. The van der Waals surface area contributed by atoms with Gasteiger partial charge in [-0.25, -0.2) is 8.42 Å². The van der Waals surface area contributed by atoms with Crippen LogP contribution in [0.1, 0.15) is 47.6 Å². The Morgan fingerprint density at radius 3 is 2.00 bits per heavy atom. The van der Waals surface area contributed by atoms with Gasteiger partial charge in [0.2, 0.25) is 11.8 Å². The molecule has 0 aliphatic rings. The molecule has 0 saturated heterocycles. The Bertz CT molecular complexity index is 1670. The van der Waals surface area contributed by atoms with Crippen molar-refractivity contribution in [2.24, 2.45) is 0 Å². The lowest BCUT2D eigenvalue weighted by molar-refractivity contribution is -0.140. The number of amides is 2. The van der Waals surface area contributed by atoms with Gasteiger partial charge in [0.1, 0.15) is 12.6 Å². The van der Waals surface area contributed by atoms with Crippen molar-refractivity contribution in [3.63, 3.8) is 0 Å². The van der Waals surface area contributed by atoms with Crippen LogP contribution in [0, 0.1) is 20.8 Å². The summed E-state index contributed by atoms with van der Waals surface area (Å²) in [6, 6.07) is 30.2. The number of carbonyl (C=O) groups excluding carboxylic acids is 2. The SMILES string of the molecule is CCCCNC(=O)C(Cc1ccccc1)N(Cc1cccc(C)c1)C(=O)CN(c1ccc(C)cc1)S(=O)(=O)c1ccc(C)cc1. The second-order valence-corrected chi connectivity index (χ2v) is 13.4. The van der Waals surface area contributed by atoms with Crippen molar-refractivity contribution in [3.05, 3.63) is 131 Å². The van der Waals surface area contributed by atoms with E-state index >= 15 is 0 Å². The maximum Gasteiger partial charge on any atom is 0.264 e. The van der Waals surface area contributed by atoms with Gasteiger partial charge in [-0.05, 0) is 62.6 Å². The topological polar surface area (TPSA) is 86.8 Å². The van der Waals surface area contributed by atoms with Gasteiger partial charge in [0.15, 0.2) is 0 Å². The van der Waals surface area contributed by atoms with Crippen LogP contribution < -0.4 is 9.62 Å². The standard InChI is InChI=1S/C37H43N3O4S/c1-5-6-23-38-37(42)35(25-31-12-8-7-9-13-31)39(26-32-14-10-11-30(4)24-32)36(41)27-40(33-19-15-28(2)16-20-33)45(43,44)34-21-17-29(3)18-22-34/h7-22,24,35H,5-6,23,25-27H2,1-4H3,(H,38,42). The van der Waals surface area contributed by atoms with Gasteiger partial charge in [0.25, 0.3) is 10.0 Å². The zero-order valence-corrected chi connectivity index (χ0v) is 27.4. The van der Waals surface area contributed by atoms with Gasteiger partial charge in [0.05, 0.1) is 10.6 Å². The summed E-state index contributed by atoms with van der Waals surface area (Å²) < 4.78 is 29.4. The number of benzene rings is 4. The molecule has 1 N–H and O–H groups in total. The Morgan fingerprint density at radius 2 is 1.38 bits per heavy atom. The lowest BCUT2D eigenvalue weighted by Gasteiger charge is -2.34. The molecule has 0 aliphatic heterocycles. The van der Waals surface area contributed by atoms with Crippen LogP contribution in [0.2, 0.25) is 0 Å². The molecule has 1 atom stereocenters. The first kappa shape index (κ1) is 33.5. The molecule has 236 valence electrons. The highest BCUT2D eigenvalue weighted by molar-refractivity contribution is 7.92. The third kappa shape index (κ3) is 9.05. The minimum Gasteiger partial charge on any atom is -0.354 e. The number of nitrogens with zero attached hydrogens (tertiary/aromatic N) is 2. The summed E-state index contributed by atoms with van der Waals surface area (Å²) in [6.07, 6.45) is 2.01. The molecular weight excluding hydrogens is 582 g/mol. The van der Waals surface area contributed by atoms with Crippen molar-refractivity contribution < 1.29 is 18.0 Å². The summed E-state index contributed by atoms with van der Waals surface area (Å²) in [6.45, 7) is 7.99. The third-order valence-corrected chi connectivity index (χ3v) is 9.53. The van der Waals surface area contributed by atoms with Crippen LogP contribution in [-0.4, -0.2) is 44.3 Å². The number of rotatable bonds is 14. The number of nitrogens with one attached hydrogen (secondary N) is 1. The van der Waals surface area contributed by atoms with Crippen LogP contribution in [-0.2, 0) is 32.6 Å². The number of anilines is 1. The molecular formula is C37H43N3O4S. The lowest BCUT2D eigenvalue weighted by atomic mass is 10.0. The van der Waals surface area contributed by atoms with E-state index in [0.717, 1.165) is 45.0 Å². The molecule has 0 saturated carbocycles. The fraction of sp³-hybridized carbons (Fsp3) is 0.297. The Morgan fingerprint density at radius 1 is 0.756 bits per heavy atom. The highest BCUT2D eigenvalue weighted by atomic mass is 32.2. The quantitative estimate of drug-likeness (QED) is 0.165. The van der Waals surface area contributed by atoms with E-state index in [1.54, 1.807) is 36.4 Å². The molecule has 0 fully saturated rings. The minimum atomic E-state index is -4.13. The van der Waals surface area contributed by atoms with Crippen LogP contribution >= 0.6 is 0 Å². The Hall–Kier alpha value is -4.43. The van der Waals surface area contributed by atoms with Crippen molar-refractivity contribution in [2.75, 3.05) is 17.4 Å². The van der Waals surface area contributed by atoms with Gasteiger partial charge >= 0.3 is 0 Å². The van der Waals surface area contributed by atoms with E-state index < -0.39 is 28.5 Å². The number of carbonyl (C=O) groups is 2.